The van der Waals surface area contributed by atoms with Gasteiger partial charge in [-0.15, -0.1) is 0 Å². The van der Waals surface area contributed by atoms with Crippen molar-refractivity contribution in [2.24, 2.45) is 35.5 Å². The molecule has 0 saturated carbocycles. The van der Waals surface area contributed by atoms with Crippen LogP contribution in [0.5, 0.6) is 0 Å². The van der Waals surface area contributed by atoms with Gasteiger partial charge >= 0.3 is 5.97 Å². The van der Waals surface area contributed by atoms with E-state index >= 15 is 0 Å². The van der Waals surface area contributed by atoms with E-state index in [2.05, 4.69) is 27.4 Å². The molecule has 0 aliphatic carbocycles. The van der Waals surface area contributed by atoms with Crippen LogP contribution in [0.1, 0.15) is 75.2 Å². The summed E-state index contributed by atoms with van der Waals surface area (Å²) in [6, 6.07) is 0. The van der Waals surface area contributed by atoms with Crippen LogP contribution in [-0.4, -0.2) is 73.1 Å². The first-order valence-electron chi connectivity index (χ1n) is 16.5. The third-order valence-corrected chi connectivity index (χ3v) is 9.60. The lowest BCUT2D eigenvalue weighted by atomic mass is 9.78. The molecule has 2 aliphatic heterocycles. The molecule has 8 nitrogen and oxygen atoms in total. The number of allylic oxidation sites excluding steroid dienone is 5. The number of ether oxygens (including phenoxy) is 5. The summed E-state index contributed by atoms with van der Waals surface area (Å²) in [6.45, 7) is 21.9. The lowest BCUT2D eigenvalue weighted by Crippen LogP contribution is -2.52. The van der Waals surface area contributed by atoms with Gasteiger partial charge < -0.3 is 33.9 Å². The Bertz CT molecular complexity index is 1070. The van der Waals surface area contributed by atoms with Crippen LogP contribution in [0.15, 0.2) is 60.1 Å². The zero-order valence-electron chi connectivity index (χ0n) is 29.4. The first kappa shape index (κ1) is 38.8. The van der Waals surface area contributed by atoms with Crippen molar-refractivity contribution in [3.8, 4) is 0 Å². The fourth-order valence-corrected chi connectivity index (χ4v) is 6.83. The van der Waals surface area contributed by atoms with Crippen molar-refractivity contribution < 1.29 is 38.7 Å². The number of hydrogen-bond acceptors (Lipinski definition) is 8. The van der Waals surface area contributed by atoms with Crippen LogP contribution in [0.3, 0.4) is 0 Å². The van der Waals surface area contributed by atoms with Crippen molar-refractivity contribution >= 4 is 5.97 Å². The monoisotopic (exact) mass is 632 g/mol. The number of esters is 1. The molecule has 0 aromatic carbocycles. The summed E-state index contributed by atoms with van der Waals surface area (Å²) in [6.07, 6.45) is 8.72. The van der Waals surface area contributed by atoms with Gasteiger partial charge in [-0.3, -0.25) is 0 Å². The zero-order valence-corrected chi connectivity index (χ0v) is 29.4. The van der Waals surface area contributed by atoms with Gasteiger partial charge in [0.05, 0.1) is 37.8 Å². The van der Waals surface area contributed by atoms with Gasteiger partial charge in [-0.2, -0.15) is 0 Å². The Morgan fingerprint density at radius 1 is 1.07 bits per heavy atom. The van der Waals surface area contributed by atoms with E-state index in [4.69, 9.17) is 23.7 Å². The summed E-state index contributed by atoms with van der Waals surface area (Å²) in [5.41, 5.74) is 1.87. The van der Waals surface area contributed by atoms with Gasteiger partial charge in [0.25, 0.3) is 0 Å². The fourth-order valence-electron chi connectivity index (χ4n) is 6.83. The molecule has 8 heteroatoms. The maximum atomic E-state index is 13.6. The largest absolute Gasteiger partial charge is 0.498 e. The van der Waals surface area contributed by atoms with E-state index in [-0.39, 0.29) is 53.7 Å². The van der Waals surface area contributed by atoms with E-state index in [1.165, 1.54) is 13.4 Å². The van der Waals surface area contributed by atoms with Crippen molar-refractivity contribution in [3.63, 3.8) is 0 Å². The topological polar surface area (TPSA) is 104 Å². The van der Waals surface area contributed by atoms with Crippen molar-refractivity contribution in [1.82, 2.24) is 0 Å². The number of rotatable bonds is 9. The zero-order chi connectivity index (χ0) is 34.0. The summed E-state index contributed by atoms with van der Waals surface area (Å²) in [4.78, 5) is 13.6. The molecule has 2 rings (SSSR count). The molecule has 0 amide bonds. The summed E-state index contributed by atoms with van der Waals surface area (Å²) in [7, 11) is 2.98. The smallest absolute Gasteiger partial charge is 0.373 e. The van der Waals surface area contributed by atoms with Gasteiger partial charge in [0, 0.05) is 37.2 Å². The SMILES string of the molecule is C=CO[C@@H]1C[C@H]([C@@H](C)[C@H](O)[C@H](C)[C@H]2OC(=O)/C(OC)=C/C(C)=C/[C@@H](C)[C@@H](O)[C@@H](C)C/C(C)=C/C=C/[C@@H]2OC)O[C@H](C(C)C)[C@H]1C. The standard InChI is InChI=1S/C37H60O8/c1-13-43-30-20-31(44-35(21(2)3)27(30)9)26(8)34(39)28(10)36-29(41-11)16-14-15-22(4)17-24(6)33(38)25(7)18-23(5)19-32(42-12)37(40)45-36/h13-16,18-19,21,24-31,33-36,38-39H,1,17,20H2,2-12H3/b16-14+,22-15+,23-18+,32-19-/t24-,25+,26+,27-,28-,29-,30+,31+,33-,34-,35+,36+/m0/s1. The third-order valence-electron chi connectivity index (χ3n) is 9.60. The summed E-state index contributed by atoms with van der Waals surface area (Å²) >= 11 is 0. The van der Waals surface area contributed by atoms with Crippen molar-refractivity contribution in [3.05, 3.63) is 60.1 Å². The minimum absolute atomic E-state index is 0.0219. The van der Waals surface area contributed by atoms with E-state index in [1.807, 2.05) is 65.8 Å². The normalized spacial score (nSPS) is 38.7. The molecule has 45 heavy (non-hydrogen) atoms. The van der Waals surface area contributed by atoms with Gasteiger partial charge in [-0.25, -0.2) is 4.79 Å². The summed E-state index contributed by atoms with van der Waals surface area (Å²) in [5, 5.41) is 22.8. The van der Waals surface area contributed by atoms with Crippen LogP contribution in [-0.2, 0) is 28.5 Å². The molecule has 0 radical (unpaired) electrons. The highest BCUT2D eigenvalue weighted by atomic mass is 16.6. The van der Waals surface area contributed by atoms with Crippen LogP contribution in [0.25, 0.3) is 0 Å². The molecule has 0 aromatic rings. The maximum absolute atomic E-state index is 13.6. The lowest BCUT2D eigenvalue weighted by molar-refractivity contribution is -0.185. The minimum Gasteiger partial charge on any atom is -0.498 e. The second kappa shape index (κ2) is 18.1. The van der Waals surface area contributed by atoms with Crippen LogP contribution in [0, 0.1) is 35.5 Å². The van der Waals surface area contributed by atoms with Crippen LogP contribution in [0.4, 0.5) is 0 Å². The number of carbonyl (C=O) groups is 1. The molecule has 0 aromatic heterocycles. The molecular weight excluding hydrogens is 572 g/mol. The molecule has 2 aliphatic rings. The minimum atomic E-state index is -0.896. The molecule has 2 N–H and O–H groups in total. The summed E-state index contributed by atoms with van der Waals surface area (Å²) in [5.74, 6) is -1.16. The fraction of sp³-hybridized carbons (Fsp3) is 0.703. The highest BCUT2D eigenvalue weighted by molar-refractivity contribution is 5.87. The van der Waals surface area contributed by atoms with Gasteiger partial charge in [0.2, 0.25) is 5.76 Å². The van der Waals surface area contributed by atoms with E-state index in [1.54, 1.807) is 13.2 Å². The van der Waals surface area contributed by atoms with Crippen molar-refractivity contribution in [1.29, 1.82) is 0 Å². The number of aliphatic hydroxyl groups excluding tert-OH is 2. The first-order chi connectivity index (χ1) is 21.2. The van der Waals surface area contributed by atoms with Gasteiger partial charge in [-0.1, -0.05) is 90.5 Å². The number of cyclic esters (lactones) is 1. The van der Waals surface area contributed by atoms with E-state index in [0.717, 1.165) is 17.6 Å². The maximum Gasteiger partial charge on any atom is 0.373 e. The predicted molar refractivity (Wildman–Crippen MR) is 178 cm³/mol. The Morgan fingerprint density at radius 2 is 1.73 bits per heavy atom. The summed E-state index contributed by atoms with van der Waals surface area (Å²) < 4.78 is 29.9. The Labute approximate surface area is 272 Å². The molecule has 12 atom stereocenters. The van der Waals surface area contributed by atoms with E-state index in [0.29, 0.717) is 6.42 Å². The molecule has 1 saturated heterocycles. The molecule has 0 unspecified atom stereocenters. The van der Waals surface area contributed by atoms with E-state index < -0.39 is 36.3 Å². The highest BCUT2D eigenvalue weighted by Crippen LogP contribution is 2.37. The Morgan fingerprint density at radius 3 is 2.31 bits per heavy atom. The second-order valence-electron chi connectivity index (χ2n) is 13.7. The van der Waals surface area contributed by atoms with Gasteiger partial charge in [0.1, 0.15) is 18.3 Å². The number of aliphatic hydroxyl groups is 2. The molecule has 256 valence electrons. The third kappa shape index (κ3) is 10.6. The Balaban J connectivity index is 2.49. The quantitative estimate of drug-likeness (QED) is 0.218. The van der Waals surface area contributed by atoms with Gasteiger partial charge in [0.15, 0.2) is 0 Å². The highest BCUT2D eigenvalue weighted by Gasteiger charge is 2.44. The van der Waals surface area contributed by atoms with Gasteiger partial charge in [-0.05, 0) is 38.2 Å². The Hall–Kier alpha value is -2.39. The molecule has 2 heterocycles. The number of hydrogen-bond donors (Lipinski definition) is 2. The average Bonchev–Trinajstić information content (AvgIpc) is 2.99. The average molecular weight is 633 g/mol. The molecular formula is C37H60O8. The number of methoxy groups -OCH3 is 2. The van der Waals surface area contributed by atoms with Crippen LogP contribution < -0.4 is 0 Å². The van der Waals surface area contributed by atoms with Crippen LogP contribution >= 0.6 is 0 Å². The Kier molecular flexibility index (Phi) is 15.6. The lowest BCUT2D eigenvalue weighted by Gasteiger charge is -2.45. The second-order valence-corrected chi connectivity index (χ2v) is 13.7. The van der Waals surface area contributed by atoms with Crippen LogP contribution in [0.2, 0.25) is 0 Å². The molecule has 0 bridgehead atoms. The van der Waals surface area contributed by atoms with Crippen molar-refractivity contribution in [2.75, 3.05) is 14.2 Å². The number of carbonyl (C=O) groups excluding carboxylic acids is 1. The molecule has 0 spiro atoms. The predicted octanol–water partition coefficient (Wildman–Crippen LogP) is 6.54. The first-order valence-corrected chi connectivity index (χ1v) is 16.5. The van der Waals surface area contributed by atoms with E-state index in [9.17, 15) is 15.0 Å². The molecule has 1 fully saturated rings. The van der Waals surface area contributed by atoms with Crippen molar-refractivity contribution in [2.45, 2.75) is 118 Å².